The summed E-state index contributed by atoms with van der Waals surface area (Å²) < 4.78 is 4.93. The van der Waals surface area contributed by atoms with Gasteiger partial charge in [0.1, 0.15) is 0 Å². The van der Waals surface area contributed by atoms with E-state index in [9.17, 15) is 4.79 Å². The second-order valence-corrected chi connectivity index (χ2v) is 2.97. The number of rotatable bonds is 6. The first kappa shape index (κ1) is 11.4. The van der Waals surface area contributed by atoms with Crippen molar-refractivity contribution in [1.29, 1.82) is 0 Å². The first-order valence-corrected chi connectivity index (χ1v) is 4.48. The zero-order valence-electron chi connectivity index (χ0n) is 8.22. The van der Waals surface area contributed by atoms with Crippen molar-refractivity contribution >= 4 is 5.97 Å². The maximum atomic E-state index is 10.5. The predicted molar refractivity (Wildman–Crippen MR) is 49.0 cm³/mol. The van der Waals surface area contributed by atoms with Gasteiger partial charge < -0.3 is 10.1 Å². The van der Waals surface area contributed by atoms with Crippen molar-refractivity contribution in [3.05, 3.63) is 0 Å². The third-order valence-electron chi connectivity index (χ3n) is 1.90. The second-order valence-electron chi connectivity index (χ2n) is 2.97. The molecule has 0 radical (unpaired) electrons. The highest BCUT2D eigenvalue weighted by atomic mass is 16.5. The van der Waals surface area contributed by atoms with Crippen LogP contribution in [0.5, 0.6) is 0 Å². The summed E-state index contributed by atoms with van der Waals surface area (Å²) in [5.41, 5.74) is 0. The van der Waals surface area contributed by atoms with Gasteiger partial charge in [0.25, 0.3) is 0 Å². The highest BCUT2D eigenvalue weighted by Crippen LogP contribution is 2.07. The van der Waals surface area contributed by atoms with E-state index in [0.717, 1.165) is 19.4 Å². The van der Waals surface area contributed by atoms with Gasteiger partial charge in [0.05, 0.1) is 6.61 Å². The molecule has 1 atom stereocenters. The maximum absolute atomic E-state index is 10.5. The maximum Gasteiger partial charge on any atom is 0.302 e. The average Bonchev–Trinajstić information content (AvgIpc) is 2.05. The van der Waals surface area contributed by atoms with Crippen LogP contribution >= 0.6 is 0 Å². The van der Waals surface area contributed by atoms with E-state index in [1.165, 1.54) is 6.92 Å². The second kappa shape index (κ2) is 7.10. The lowest BCUT2D eigenvalue weighted by Gasteiger charge is -2.13. The molecule has 1 N–H and O–H groups in total. The standard InChI is InChI=1S/C9H19NO2/c1-4-9(5-6-10-3)7-12-8(2)11/h9-10H,4-7H2,1-3H3. The lowest BCUT2D eigenvalue weighted by molar-refractivity contribution is -0.142. The number of ether oxygens (including phenoxy) is 1. The highest BCUT2D eigenvalue weighted by molar-refractivity contribution is 5.65. The molecular weight excluding hydrogens is 154 g/mol. The molecule has 0 heterocycles. The van der Waals surface area contributed by atoms with Crippen molar-refractivity contribution in [1.82, 2.24) is 5.32 Å². The summed E-state index contributed by atoms with van der Waals surface area (Å²) in [6.45, 7) is 5.11. The first-order valence-electron chi connectivity index (χ1n) is 4.48. The molecule has 0 aliphatic heterocycles. The molecule has 0 bridgehead atoms. The number of carbonyl (C=O) groups is 1. The van der Waals surface area contributed by atoms with E-state index in [1.807, 2.05) is 7.05 Å². The summed E-state index contributed by atoms with van der Waals surface area (Å²) in [6.07, 6.45) is 2.13. The first-order chi connectivity index (χ1) is 5.70. The van der Waals surface area contributed by atoms with E-state index in [0.29, 0.717) is 12.5 Å². The molecule has 0 aliphatic rings. The molecule has 0 aromatic carbocycles. The summed E-state index contributed by atoms with van der Waals surface area (Å²) in [5, 5.41) is 3.08. The largest absolute Gasteiger partial charge is 0.466 e. The molecule has 72 valence electrons. The van der Waals surface area contributed by atoms with Crippen molar-refractivity contribution in [3.8, 4) is 0 Å². The SMILES string of the molecule is CCC(CCNC)COC(C)=O. The van der Waals surface area contributed by atoms with Gasteiger partial charge in [0, 0.05) is 6.92 Å². The molecule has 0 aliphatic carbocycles. The van der Waals surface area contributed by atoms with E-state index >= 15 is 0 Å². The minimum atomic E-state index is -0.182. The number of hydrogen-bond donors (Lipinski definition) is 1. The Bertz CT molecular complexity index is 126. The summed E-state index contributed by atoms with van der Waals surface area (Å²) >= 11 is 0. The van der Waals surface area contributed by atoms with Crippen molar-refractivity contribution in [2.45, 2.75) is 26.7 Å². The minimum Gasteiger partial charge on any atom is -0.466 e. The molecule has 0 fully saturated rings. The quantitative estimate of drug-likeness (QED) is 0.613. The Labute approximate surface area is 74.5 Å². The van der Waals surface area contributed by atoms with Gasteiger partial charge in [-0.3, -0.25) is 4.79 Å². The molecule has 1 unspecified atom stereocenters. The highest BCUT2D eigenvalue weighted by Gasteiger charge is 2.06. The van der Waals surface area contributed by atoms with Crippen molar-refractivity contribution in [2.24, 2.45) is 5.92 Å². The Hall–Kier alpha value is -0.570. The monoisotopic (exact) mass is 173 g/mol. The summed E-state index contributed by atoms with van der Waals surface area (Å²) in [6, 6.07) is 0. The molecular formula is C9H19NO2. The van der Waals surface area contributed by atoms with Crippen LogP contribution in [0.3, 0.4) is 0 Å². The molecule has 0 saturated carbocycles. The summed E-state index contributed by atoms with van der Waals surface area (Å²) in [5.74, 6) is 0.319. The molecule has 0 amide bonds. The van der Waals surface area contributed by atoms with Crippen LogP contribution < -0.4 is 5.32 Å². The summed E-state index contributed by atoms with van der Waals surface area (Å²) in [7, 11) is 1.93. The summed E-state index contributed by atoms with van der Waals surface area (Å²) in [4.78, 5) is 10.5. The van der Waals surface area contributed by atoms with Gasteiger partial charge in [-0.1, -0.05) is 13.3 Å². The number of esters is 1. The zero-order chi connectivity index (χ0) is 9.40. The van der Waals surface area contributed by atoms with Crippen LogP contribution in [0.2, 0.25) is 0 Å². The molecule has 3 heteroatoms. The van der Waals surface area contributed by atoms with Gasteiger partial charge in [-0.05, 0) is 25.9 Å². The number of nitrogens with one attached hydrogen (secondary N) is 1. The smallest absolute Gasteiger partial charge is 0.302 e. The van der Waals surface area contributed by atoms with Crippen molar-refractivity contribution in [3.63, 3.8) is 0 Å². The molecule has 0 aromatic heterocycles. The Morgan fingerprint density at radius 1 is 1.58 bits per heavy atom. The fraction of sp³-hybridized carbons (Fsp3) is 0.889. The topological polar surface area (TPSA) is 38.3 Å². The van der Waals surface area contributed by atoms with Gasteiger partial charge in [-0.15, -0.1) is 0 Å². The third kappa shape index (κ3) is 6.16. The van der Waals surface area contributed by atoms with E-state index in [4.69, 9.17) is 4.74 Å². The third-order valence-corrected chi connectivity index (χ3v) is 1.90. The van der Waals surface area contributed by atoms with E-state index in [1.54, 1.807) is 0 Å². The van der Waals surface area contributed by atoms with Gasteiger partial charge >= 0.3 is 5.97 Å². The Balaban J connectivity index is 3.45. The van der Waals surface area contributed by atoms with Gasteiger partial charge in [-0.25, -0.2) is 0 Å². The molecule has 0 saturated heterocycles. The average molecular weight is 173 g/mol. The van der Waals surface area contributed by atoms with Gasteiger partial charge in [0.2, 0.25) is 0 Å². The Morgan fingerprint density at radius 2 is 2.25 bits per heavy atom. The van der Waals surface area contributed by atoms with Crippen molar-refractivity contribution in [2.75, 3.05) is 20.2 Å². The van der Waals surface area contributed by atoms with Gasteiger partial charge in [0.15, 0.2) is 0 Å². The lowest BCUT2D eigenvalue weighted by atomic mass is 10.0. The Morgan fingerprint density at radius 3 is 2.67 bits per heavy atom. The molecule has 3 nitrogen and oxygen atoms in total. The fourth-order valence-electron chi connectivity index (χ4n) is 0.989. The van der Waals surface area contributed by atoms with Crippen LogP contribution in [0.4, 0.5) is 0 Å². The van der Waals surface area contributed by atoms with E-state index in [2.05, 4.69) is 12.2 Å². The predicted octanol–water partition coefficient (Wildman–Crippen LogP) is 1.19. The number of carbonyl (C=O) groups excluding carboxylic acids is 1. The molecule has 0 aromatic rings. The van der Waals surface area contributed by atoms with Crippen LogP contribution in [-0.2, 0) is 9.53 Å². The number of hydrogen-bond acceptors (Lipinski definition) is 3. The molecule has 0 spiro atoms. The fourth-order valence-corrected chi connectivity index (χ4v) is 0.989. The minimum absolute atomic E-state index is 0.182. The van der Waals surface area contributed by atoms with Crippen LogP contribution in [0, 0.1) is 5.92 Å². The lowest BCUT2D eigenvalue weighted by Crippen LogP contribution is -2.17. The van der Waals surface area contributed by atoms with E-state index in [-0.39, 0.29) is 5.97 Å². The van der Waals surface area contributed by atoms with Crippen LogP contribution in [0.15, 0.2) is 0 Å². The molecule has 0 rings (SSSR count). The van der Waals surface area contributed by atoms with Crippen LogP contribution in [-0.4, -0.2) is 26.2 Å². The normalized spacial score (nSPS) is 12.6. The van der Waals surface area contributed by atoms with E-state index < -0.39 is 0 Å². The Kier molecular flexibility index (Phi) is 6.76. The van der Waals surface area contributed by atoms with Crippen LogP contribution in [0.25, 0.3) is 0 Å². The van der Waals surface area contributed by atoms with Crippen LogP contribution in [0.1, 0.15) is 26.7 Å². The zero-order valence-corrected chi connectivity index (χ0v) is 8.22. The molecule has 12 heavy (non-hydrogen) atoms. The van der Waals surface area contributed by atoms with Crippen molar-refractivity contribution < 1.29 is 9.53 Å². The van der Waals surface area contributed by atoms with Gasteiger partial charge in [-0.2, -0.15) is 0 Å².